The minimum absolute atomic E-state index is 0.0480. The lowest BCUT2D eigenvalue weighted by Crippen LogP contribution is -2.41. The highest BCUT2D eigenvalue weighted by molar-refractivity contribution is 7.89. The summed E-state index contributed by atoms with van der Waals surface area (Å²) in [7, 11) is -3.90. The van der Waals surface area contributed by atoms with E-state index in [1.807, 2.05) is 0 Å². The smallest absolute Gasteiger partial charge is 0.387 e. The van der Waals surface area contributed by atoms with Crippen molar-refractivity contribution in [2.24, 2.45) is 5.73 Å². The molecule has 1 aromatic rings. The first kappa shape index (κ1) is 16.0. The number of pyridine rings is 1. The first-order valence-electron chi connectivity index (χ1n) is 6.10. The second kappa shape index (κ2) is 5.79. The third-order valence-electron chi connectivity index (χ3n) is 3.22. The summed E-state index contributed by atoms with van der Waals surface area (Å²) in [6.45, 7) is -3.06. The number of halogens is 2. The van der Waals surface area contributed by atoms with Crippen molar-refractivity contribution in [2.75, 3.05) is 19.6 Å². The molecule has 1 fully saturated rings. The van der Waals surface area contributed by atoms with E-state index < -0.39 is 22.2 Å². The van der Waals surface area contributed by atoms with Gasteiger partial charge in [-0.2, -0.15) is 13.1 Å². The highest BCUT2D eigenvalue weighted by Gasteiger charge is 2.41. The van der Waals surface area contributed by atoms with Crippen LogP contribution in [0.5, 0.6) is 5.75 Å². The molecule has 0 bridgehead atoms. The zero-order chi connectivity index (χ0) is 15.7. The Bertz CT molecular complexity index is 596. The maximum atomic E-state index is 12.3. The van der Waals surface area contributed by atoms with Gasteiger partial charge >= 0.3 is 6.61 Å². The van der Waals surface area contributed by atoms with Gasteiger partial charge in [-0.1, -0.05) is 0 Å². The zero-order valence-corrected chi connectivity index (χ0v) is 11.8. The summed E-state index contributed by atoms with van der Waals surface area (Å²) < 4.78 is 53.8. The number of aliphatic hydroxyl groups is 1. The molecule has 1 saturated heterocycles. The summed E-state index contributed by atoms with van der Waals surface area (Å²) in [5.41, 5.74) is 4.16. The number of aromatic nitrogens is 1. The van der Waals surface area contributed by atoms with Gasteiger partial charge in [0.05, 0.1) is 11.8 Å². The monoisotopic (exact) mass is 323 g/mol. The Balaban J connectivity index is 2.17. The summed E-state index contributed by atoms with van der Waals surface area (Å²) in [6, 6.07) is 2.17. The van der Waals surface area contributed by atoms with Crippen LogP contribution in [0.2, 0.25) is 0 Å². The molecule has 10 heteroatoms. The SMILES string of the molecule is NC[C@@]1(O)CCN(S(=O)(=O)c2ccc(OC(F)F)cn2)C1. The second-order valence-electron chi connectivity index (χ2n) is 4.73. The van der Waals surface area contributed by atoms with Gasteiger partial charge in [0.2, 0.25) is 0 Å². The molecule has 0 aliphatic carbocycles. The van der Waals surface area contributed by atoms with Crippen LogP contribution in [0.25, 0.3) is 0 Å². The fourth-order valence-corrected chi connectivity index (χ4v) is 3.45. The number of β-amino-alcohol motifs (C(OH)–C–C–N with tert-alkyl or cyclic N) is 1. The van der Waals surface area contributed by atoms with E-state index in [4.69, 9.17) is 5.73 Å². The molecule has 3 N–H and O–H groups in total. The molecule has 0 spiro atoms. The van der Waals surface area contributed by atoms with Gasteiger partial charge in [-0.25, -0.2) is 13.4 Å². The third kappa shape index (κ3) is 3.46. The van der Waals surface area contributed by atoms with Gasteiger partial charge in [-0.3, -0.25) is 0 Å². The lowest BCUT2D eigenvalue weighted by atomic mass is 10.1. The first-order chi connectivity index (χ1) is 9.77. The average Bonchev–Trinajstić information content (AvgIpc) is 2.83. The molecule has 1 aliphatic rings. The van der Waals surface area contributed by atoms with E-state index in [2.05, 4.69) is 9.72 Å². The molecule has 0 saturated carbocycles. The molecule has 7 nitrogen and oxygen atoms in total. The highest BCUT2D eigenvalue weighted by atomic mass is 32.2. The van der Waals surface area contributed by atoms with Gasteiger partial charge in [0.25, 0.3) is 10.0 Å². The molecule has 1 atom stereocenters. The van der Waals surface area contributed by atoms with Gasteiger partial charge < -0.3 is 15.6 Å². The van der Waals surface area contributed by atoms with Crippen molar-refractivity contribution in [1.82, 2.24) is 9.29 Å². The maximum Gasteiger partial charge on any atom is 0.387 e. The first-order valence-corrected chi connectivity index (χ1v) is 7.54. The Morgan fingerprint density at radius 1 is 1.52 bits per heavy atom. The predicted molar refractivity (Wildman–Crippen MR) is 68.2 cm³/mol. The third-order valence-corrected chi connectivity index (χ3v) is 4.98. The molecular formula is C11H15F2N3O4S. The van der Waals surface area contributed by atoms with Crippen molar-refractivity contribution in [3.05, 3.63) is 18.3 Å². The van der Waals surface area contributed by atoms with Crippen molar-refractivity contribution in [1.29, 1.82) is 0 Å². The average molecular weight is 323 g/mol. The van der Waals surface area contributed by atoms with E-state index in [-0.39, 0.29) is 36.8 Å². The van der Waals surface area contributed by atoms with Crippen LogP contribution in [-0.2, 0) is 10.0 Å². The lowest BCUT2D eigenvalue weighted by Gasteiger charge is -2.21. The van der Waals surface area contributed by atoms with Gasteiger partial charge in [0.15, 0.2) is 5.03 Å². The number of nitrogens with zero attached hydrogens (tertiary/aromatic N) is 2. The molecule has 0 unspecified atom stereocenters. The largest absolute Gasteiger partial charge is 0.433 e. The van der Waals surface area contributed by atoms with Crippen LogP contribution in [0.15, 0.2) is 23.4 Å². The number of hydrogen-bond donors (Lipinski definition) is 2. The molecule has 0 radical (unpaired) electrons. The Morgan fingerprint density at radius 2 is 2.24 bits per heavy atom. The molecule has 2 rings (SSSR count). The van der Waals surface area contributed by atoms with Crippen LogP contribution >= 0.6 is 0 Å². The molecule has 0 aromatic carbocycles. The molecule has 1 aliphatic heterocycles. The van der Waals surface area contributed by atoms with Crippen LogP contribution in [0.4, 0.5) is 8.78 Å². The zero-order valence-electron chi connectivity index (χ0n) is 10.9. The molecule has 118 valence electrons. The number of rotatable bonds is 5. The normalized spacial score (nSPS) is 23.7. The summed E-state index contributed by atoms with van der Waals surface area (Å²) >= 11 is 0. The van der Waals surface area contributed by atoms with E-state index in [0.29, 0.717) is 0 Å². The molecule has 0 amide bonds. The fraction of sp³-hybridized carbons (Fsp3) is 0.545. The molecular weight excluding hydrogens is 308 g/mol. The van der Waals surface area contributed by atoms with Crippen LogP contribution in [0.1, 0.15) is 6.42 Å². The Labute approximate surface area is 120 Å². The summed E-state index contributed by atoms with van der Waals surface area (Å²) in [5, 5.41) is 9.67. The van der Waals surface area contributed by atoms with E-state index >= 15 is 0 Å². The fourth-order valence-electron chi connectivity index (χ4n) is 2.02. The standard InChI is InChI=1S/C11H15F2N3O4S/c12-10(13)20-8-1-2-9(15-5-8)21(18,19)16-4-3-11(17,6-14)7-16/h1-2,5,10,17H,3-4,6-7,14H2/t11-/m0/s1. The Morgan fingerprint density at radius 3 is 2.71 bits per heavy atom. The second-order valence-corrected chi connectivity index (χ2v) is 6.61. The van der Waals surface area contributed by atoms with Crippen molar-refractivity contribution in [2.45, 2.75) is 23.7 Å². The van der Waals surface area contributed by atoms with Crippen molar-refractivity contribution in [3.8, 4) is 5.75 Å². The number of hydrogen-bond acceptors (Lipinski definition) is 6. The van der Waals surface area contributed by atoms with E-state index in [0.717, 1.165) is 22.6 Å². The van der Waals surface area contributed by atoms with Crippen LogP contribution in [0.3, 0.4) is 0 Å². The summed E-state index contributed by atoms with van der Waals surface area (Å²) in [4.78, 5) is 3.62. The lowest BCUT2D eigenvalue weighted by molar-refractivity contribution is -0.0501. The van der Waals surface area contributed by atoms with E-state index in [1.54, 1.807) is 0 Å². The van der Waals surface area contributed by atoms with E-state index in [1.165, 1.54) is 0 Å². The van der Waals surface area contributed by atoms with E-state index in [9.17, 15) is 22.3 Å². The molecule has 2 heterocycles. The summed E-state index contributed by atoms with van der Waals surface area (Å²) in [5.74, 6) is -0.233. The number of sulfonamides is 1. The minimum atomic E-state index is -3.90. The van der Waals surface area contributed by atoms with Crippen LogP contribution < -0.4 is 10.5 Å². The predicted octanol–water partition coefficient (Wildman–Crippen LogP) is -0.233. The quantitative estimate of drug-likeness (QED) is 0.775. The molecule has 21 heavy (non-hydrogen) atoms. The topological polar surface area (TPSA) is 106 Å². The molecule has 1 aromatic heterocycles. The number of alkyl halides is 2. The Hall–Kier alpha value is -1.36. The maximum absolute atomic E-state index is 12.3. The number of nitrogens with two attached hydrogens (primary N) is 1. The van der Waals surface area contributed by atoms with Crippen molar-refractivity contribution in [3.63, 3.8) is 0 Å². The van der Waals surface area contributed by atoms with Gasteiger partial charge in [0.1, 0.15) is 5.75 Å². The Kier molecular flexibility index (Phi) is 4.42. The van der Waals surface area contributed by atoms with Gasteiger partial charge in [-0.05, 0) is 18.6 Å². The van der Waals surface area contributed by atoms with Gasteiger partial charge in [-0.15, -0.1) is 0 Å². The highest BCUT2D eigenvalue weighted by Crippen LogP contribution is 2.26. The van der Waals surface area contributed by atoms with Gasteiger partial charge in [0, 0.05) is 19.6 Å². The summed E-state index contributed by atoms with van der Waals surface area (Å²) in [6.07, 6.45) is 1.14. The van der Waals surface area contributed by atoms with Crippen LogP contribution in [0, 0.1) is 0 Å². The minimum Gasteiger partial charge on any atom is -0.433 e. The van der Waals surface area contributed by atoms with Crippen molar-refractivity contribution < 1.29 is 27.0 Å². The van der Waals surface area contributed by atoms with Crippen LogP contribution in [-0.4, -0.2) is 54.7 Å². The van der Waals surface area contributed by atoms with Crippen molar-refractivity contribution >= 4 is 10.0 Å². The number of ether oxygens (including phenoxy) is 1.